The van der Waals surface area contributed by atoms with Crippen molar-refractivity contribution < 1.29 is 0 Å². The van der Waals surface area contributed by atoms with Gasteiger partial charge in [0.25, 0.3) is 0 Å². The molecule has 0 saturated heterocycles. The average molecular weight is 241 g/mol. The number of nitrogens with one attached hydrogen (secondary N) is 1. The fourth-order valence-corrected chi connectivity index (χ4v) is 2.13. The van der Waals surface area contributed by atoms with E-state index in [-0.39, 0.29) is 0 Å². The number of likely N-dealkylation sites (N-methyl/N-ethyl adjacent to an activating group) is 2. The average Bonchev–Trinajstić information content (AvgIpc) is 2.69. The Morgan fingerprint density at radius 3 is 2.56 bits per heavy atom. The molecule has 3 nitrogen and oxygen atoms in total. The Morgan fingerprint density at radius 2 is 1.94 bits per heavy atom. The molecule has 1 rings (SSSR count). The van der Waals surface area contributed by atoms with Crippen molar-refractivity contribution >= 4 is 11.3 Å². The molecule has 4 heteroatoms. The van der Waals surface area contributed by atoms with E-state index >= 15 is 0 Å². The van der Waals surface area contributed by atoms with Crippen molar-refractivity contribution in [3.05, 3.63) is 22.4 Å². The third-order valence-corrected chi connectivity index (χ3v) is 3.17. The van der Waals surface area contributed by atoms with Crippen LogP contribution in [0.3, 0.4) is 0 Å². The summed E-state index contributed by atoms with van der Waals surface area (Å²) in [6.07, 6.45) is 0. The molecule has 1 heterocycles. The maximum absolute atomic E-state index is 3.45. The number of rotatable bonds is 8. The SMILES string of the molecule is CN(C)CCNCCN(C)Cc1ccsc1. The first-order chi connectivity index (χ1) is 7.68. The Kier molecular flexibility index (Phi) is 6.64. The van der Waals surface area contributed by atoms with Crippen LogP contribution in [0.25, 0.3) is 0 Å². The Hall–Kier alpha value is -0.420. The minimum absolute atomic E-state index is 1.05. The van der Waals surface area contributed by atoms with Crippen molar-refractivity contribution in [2.75, 3.05) is 47.3 Å². The van der Waals surface area contributed by atoms with Gasteiger partial charge in [-0.05, 0) is 43.5 Å². The normalized spacial score (nSPS) is 11.6. The lowest BCUT2D eigenvalue weighted by Crippen LogP contribution is -2.32. The highest BCUT2D eigenvalue weighted by molar-refractivity contribution is 7.07. The van der Waals surface area contributed by atoms with E-state index < -0.39 is 0 Å². The van der Waals surface area contributed by atoms with Gasteiger partial charge < -0.3 is 15.1 Å². The molecule has 0 fully saturated rings. The topological polar surface area (TPSA) is 18.5 Å². The minimum Gasteiger partial charge on any atom is -0.314 e. The van der Waals surface area contributed by atoms with Crippen molar-refractivity contribution in [1.82, 2.24) is 15.1 Å². The maximum atomic E-state index is 3.45. The number of hydrogen-bond acceptors (Lipinski definition) is 4. The first kappa shape index (κ1) is 13.6. The van der Waals surface area contributed by atoms with Crippen molar-refractivity contribution in [1.29, 1.82) is 0 Å². The smallest absolute Gasteiger partial charge is 0.0239 e. The number of hydrogen-bond donors (Lipinski definition) is 1. The van der Waals surface area contributed by atoms with Crippen LogP contribution in [0.15, 0.2) is 16.8 Å². The summed E-state index contributed by atoms with van der Waals surface area (Å²) < 4.78 is 0. The van der Waals surface area contributed by atoms with Gasteiger partial charge in [0, 0.05) is 32.7 Å². The van der Waals surface area contributed by atoms with Crippen LogP contribution in [0.1, 0.15) is 5.56 Å². The molecule has 0 aliphatic heterocycles. The predicted octanol–water partition coefficient (Wildman–Crippen LogP) is 1.33. The zero-order valence-corrected chi connectivity index (χ0v) is 11.4. The molecule has 0 radical (unpaired) electrons. The van der Waals surface area contributed by atoms with E-state index in [0.717, 1.165) is 32.7 Å². The van der Waals surface area contributed by atoms with E-state index in [4.69, 9.17) is 0 Å². The molecule has 92 valence electrons. The van der Waals surface area contributed by atoms with Crippen molar-refractivity contribution in [3.8, 4) is 0 Å². The van der Waals surface area contributed by atoms with Gasteiger partial charge in [0.05, 0.1) is 0 Å². The largest absolute Gasteiger partial charge is 0.314 e. The molecule has 0 spiro atoms. The van der Waals surface area contributed by atoms with Crippen LogP contribution in [0.2, 0.25) is 0 Å². The van der Waals surface area contributed by atoms with Gasteiger partial charge >= 0.3 is 0 Å². The van der Waals surface area contributed by atoms with Crippen LogP contribution in [0.5, 0.6) is 0 Å². The second kappa shape index (κ2) is 7.79. The van der Waals surface area contributed by atoms with Crippen molar-refractivity contribution in [3.63, 3.8) is 0 Å². The summed E-state index contributed by atoms with van der Waals surface area (Å²) in [5, 5.41) is 7.80. The summed E-state index contributed by atoms with van der Waals surface area (Å²) in [7, 11) is 6.38. The maximum Gasteiger partial charge on any atom is 0.0239 e. The molecule has 0 amide bonds. The van der Waals surface area contributed by atoms with Gasteiger partial charge in [-0.1, -0.05) is 0 Å². The lowest BCUT2D eigenvalue weighted by Gasteiger charge is -2.16. The van der Waals surface area contributed by atoms with E-state index in [1.165, 1.54) is 5.56 Å². The zero-order chi connectivity index (χ0) is 11.8. The monoisotopic (exact) mass is 241 g/mol. The summed E-state index contributed by atoms with van der Waals surface area (Å²) >= 11 is 1.77. The first-order valence-electron chi connectivity index (χ1n) is 5.73. The molecule has 1 aromatic heterocycles. The van der Waals surface area contributed by atoms with E-state index in [1.54, 1.807) is 11.3 Å². The second-order valence-corrected chi connectivity index (χ2v) is 5.20. The summed E-state index contributed by atoms with van der Waals surface area (Å²) in [6, 6.07) is 2.20. The molecule has 1 N–H and O–H groups in total. The lowest BCUT2D eigenvalue weighted by atomic mass is 10.3. The standard InChI is InChI=1S/C12H23N3S/c1-14(2)7-5-13-6-8-15(3)10-12-4-9-16-11-12/h4,9,11,13H,5-8,10H2,1-3H3. The molecule has 0 unspecified atom stereocenters. The first-order valence-corrected chi connectivity index (χ1v) is 6.68. The highest BCUT2D eigenvalue weighted by Gasteiger charge is 1.99. The van der Waals surface area contributed by atoms with Gasteiger partial charge in [-0.3, -0.25) is 0 Å². The highest BCUT2D eigenvalue weighted by atomic mass is 32.1. The predicted molar refractivity (Wildman–Crippen MR) is 72.1 cm³/mol. The summed E-state index contributed by atoms with van der Waals surface area (Å²) in [5.41, 5.74) is 1.42. The van der Waals surface area contributed by atoms with Crippen LogP contribution in [0, 0.1) is 0 Å². The number of thiophene rings is 1. The van der Waals surface area contributed by atoms with Crippen molar-refractivity contribution in [2.24, 2.45) is 0 Å². The summed E-state index contributed by atoms with van der Waals surface area (Å²) in [4.78, 5) is 4.55. The van der Waals surface area contributed by atoms with Crippen molar-refractivity contribution in [2.45, 2.75) is 6.54 Å². The lowest BCUT2D eigenvalue weighted by molar-refractivity contribution is 0.319. The van der Waals surface area contributed by atoms with Crippen LogP contribution in [-0.2, 0) is 6.54 Å². The molecule has 0 aliphatic carbocycles. The van der Waals surface area contributed by atoms with Crippen LogP contribution >= 0.6 is 11.3 Å². The molecule has 0 atom stereocenters. The van der Waals surface area contributed by atoms with Crippen LogP contribution in [-0.4, -0.2) is 57.1 Å². The second-order valence-electron chi connectivity index (χ2n) is 4.42. The van der Waals surface area contributed by atoms with Crippen LogP contribution < -0.4 is 5.32 Å². The zero-order valence-electron chi connectivity index (χ0n) is 10.6. The third kappa shape index (κ3) is 6.23. The van der Waals surface area contributed by atoms with Gasteiger partial charge in [0.1, 0.15) is 0 Å². The highest BCUT2D eigenvalue weighted by Crippen LogP contribution is 2.07. The Morgan fingerprint density at radius 1 is 1.19 bits per heavy atom. The Bertz CT molecular complexity index is 259. The van der Waals surface area contributed by atoms with Gasteiger partial charge in [0.2, 0.25) is 0 Å². The Labute approximate surface area is 103 Å². The number of nitrogens with zero attached hydrogens (tertiary/aromatic N) is 2. The van der Waals surface area contributed by atoms with E-state index in [0.29, 0.717) is 0 Å². The van der Waals surface area contributed by atoms with Gasteiger partial charge in [-0.2, -0.15) is 11.3 Å². The molecule has 16 heavy (non-hydrogen) atoms. The van der Waals surface area contributed by atoms with Gasteiger partial charge in [0.15, 0.2) is 0 Å². The molecule has 0 saturated carbocycles. The molecule has 0 aliphatic rings. The van der Waals surface area contributed by atoms with E-state index in [1.807, 2.05) is 0 Å². The molecule has 1 aromatic rings. The Balaban J connectivity index is 2.00. The third-order valence-electron chi connectivity index (χ3n) is 2.44. The molecule has 0 bridgehead atoms. The summed E-state index contributed by atoms with van der Waals surface area (Å²) in [5.74, 6) is 0. The molecular formula is C12H23N3S. The molecule has 0 aromatic carbocycles. The summed E-state index contributed by atoms with van der Waals surface area (Å²) in [6.45, 7) is 5.39. The molecular weight excluding hydrogens is 218 g/mol. The van der Waals surface area contributed by atoms with Crippen LogP contribution in [0.4, 0.5) is 0 Å². The van der Waals surface area contributed by atoms with E-state index in [2.05, 4.69) is 53.1 Å². The van der Waals surface area contributed by atoms with Gasteiger partial charge in [-0.15, -0.1) is 0 Å². The minimum atomic E-state index is 1.05. The quantitative estimate of drug-likeness (QED) is 0.693. The van der Waals surface area contributed by atoms with Gasteiger partial charge in [-0.25, -0.2) is 0 Å². The fraction of sp³-hybridized carbons (Fsp3) is 0.667. The fourth-order valence-electron chi connectivity index (χ4n) is 1.47. The van der Waals surface area contributed by atoms with E-state index in [9.17, 15) is 0 Å².